The van der Waals surface area contributed by atoms with Gasteiger partial charge in [-0.2, -0.15) is 17.2 Å². The average Bonchev–Trinajstić information content (AvgIpc) is 3.27. The molecule has 3 unspecified atom stereocenters. The Kier molecular flexibility index (Phi) is 7.28. The standard InChI is InChI=1S/C19H28F2O10S/c1-17(2)28-10-14(30-17)13(15-11-29-18(31-15)6-4-3-5-7-18)8-12(22)9-27-16(23)19(20,21)32(24,25)26/h13-15H,3-11H2,1-2H3,(H,24,25,26). The van der Waals surface area contributed by atoms with E-state index < -0.39 is 63.4 Å². The lowest BCUT2D eigenvalue weighted by molar-refractivity contribution is -0.199. The first-order valence-electron chi connectivity index (χ1n) is 10.4. The van der Waals surface area contributed by atoms with Crippen molar-refractivity contribution in [3.63, 3.8) is 0 Å². The summed E-state index contributed by atoms with van der Waals surface area (Å²) >= 11 is 0. The zero-order chi connectivity index (χ0) is 23.8. The number of alkyl halides is 2. The second kappa shape index (κ2) is 9.18. The average molecular weight is 486 g/mol. The molecule has 2 aliphatic heterocycles. The summed E-state index contributed by atoms with van der Waals surface area (Å²) in [4.78, 5) is 23.8. The van der Waals surface area contributed by atoms with Crippen molar-refractivity contribution in [1.82, 2.24) is 0 Å². The van der Waals surface area contributed by atoms with Crippen molar-refractivity contribution < 1.29 is 55.0 Å². The zero-order valence-electron chi connectivity index (χ0n) is 17.9. The second-order valence-electron chi connectivity index (χ2n) is 8.78. The molecule has 1 spiro atoms. The summed E-state index contributed by atoms with van der Waals surface area (Å²) in [5.41, 5.74) is 0. The molecule has 0 bridgehead atoms. The third-order valence-corrected chi connectivity index (χ3v) is 6.68. The van der Waals surface area contributed by atoms with Gasteiger partial charge in [0.15, 0.2) is 17.4 Å². The number of hydrogen-bond donors (Lipinski definition) is 1. The van der Waals surface area contributed by atoms with Crippen LogP contribution in [0.15, 0.2) is 0 Å². The Hall–Kier alpha value is -1.25. The minimum absolute atomic E-state index is 0.165. The maximum absolute atomic E-state index is 13.3. The topological polar surface area (TPSA) is 135 Å². The summed E-state index contributed by atoms with van der Waals surface area (Å²) in [6.07, 6.45) is 3.06. The van der Waals surface area contributed by atoms with E-state index in [4.69, 9.17) is 23.5 Å². The molecule has 10 nitrogen and oxygen atoms in total. The monoisotopic (exact) mass is 486 g/mol. The van der Waals surface area contributed by atoms with E-state index in [1.807, 2.05) is 0 Å². The maximum Gasteiger partial charge on any atom is 0.465 e. The second-order valence-corrected chi connectivity index (χ2v) is 10.2. The third-order valence-electron chi connectivity index (χ3n) is 5.87. The van der Waals surface area contributed by atoms with Crippen LogP contribution in [-0.2, 0) is 43.4 Å². The van der Waals surface area contributed by atoms with Gasteiger partial charge in [-0.1, -0.05) is 6.42 Å². The molecule has 0 amide bonds. The predicted octanol–water partition coefficient (Wildman–Crippen LogP) is 1.81. The Morgan fingerprint density at radius 2 is 1.69 bits per heavy atom. The molecule has 0 radical (unpaired) electrons. The minimum atomic E-state index is -6.02. The normalized spacial score (nSPS) is 28.5. The lowest BCUT2D eigenvalue weighted by Gasteiger charge is -2.33. The molecule has 1 aliphatic carbocycles. The fourth-order valence-electron chi connectivity index (χ4n) is 4.23. The highest BCUT2D eigenvalue weighted by Crippen LogP contribution is 2.42. The lowest BCUT2D eigenvalue weighted by Crippen LogP contribution is -2.41. The molecule has 0 aromatic heterocycles. The first kappa shape index (κ1) is 25.4. The number of ether oxygens (including phenoxy) is 5. The van der Waals surface area contributed by atoms with Crippen molar-refractivity contribution in [2.45, 2.75) is 81.4 Å². The molecule has 0 aromatic carbocycles. The fourth-order valence-corrected chi connectivity index (χ4v) is 4.50. The molecular weight excluding hydrogens is 458 g/mol. The van der Waals surface area contributed by atoms with Crippen LogP contribution in [-0.4, -0.2) is 73.6 Å². The largest absolute Gasteiger partial charge is 0.465 e. The fraction of sp³-hybridized carbons (Fsp3) is 0.895. The van der Waals surface area contributed by atoms with E-state index in [1.165, 1.54) is 0 Å². The van der Waals surface area contributed by atoms with E-state index in [-0.39, 0.29) is 19.6 Å². The van der Waals surface area contributed by atoms with Gasteiger partial charge in [-0.25, -0.2) is 4.79 Å². The van der Waals surface area contributed by atoms with E-state index in [0.29, 0.717) is 0 Å². The number of Topliss-reactive ketones (excluding diaryl/α,β-unsaturated/α-hetero) is 1. The minimum Gasteiger partial charge on any atom is -0.452 e. The van der Waals surface area contributed by atoms with Gasteiger partial charge in [0.05, 0.1) is 25.4 Å². The van der Waals surface area contributed by atoms with Crippen molar-refractivity contribution in [3.8, 4) is 0 Å². The molecular formula is C19H28F2O10S. The summed E-state index contributed by atoms with van der Waals surface area (Å²) in [7, 11) is -6.02. The maximum atomic E-state index is 13.3. The van der Waals surface area contributed by atoms with Gasteiger partial charge in [-0.05, 0) is 26.7 Å². The first-order chi connectivity index (χ1) is 14.7. The summed E-state index contributed by atoms with van der Waals surface area (Å²) in [5.74, 6) is -5.48. The van der Waals surface area contributed by atoms with Crippen LogP contribution in [0.1, 0.15) is 52.4 Å². The first-order valence-corrected chi connectivity index (χ1v) is 11.9. The van der Waals surface area contributed by atoms with Crippen LogP contribution in [0.3, 0.4) is 0 Å². The molecule has 2 heterocycles. The van der Waals surface area contributed by atoms with Gasteiger partial charge in [0.25, 0.3) is 0 Å². The number of ketones is 1. The number of esters is 1. The summed E-state index contributed by atoms with van der Waals surface area (Å²) in [6, 6.07) is 0. The third kappa shape index (κ3) is 5.62. The zero-order valence-corrected chi connectivity index (χ0v) is 18.7. The number of rotatable bonds is 8. The Morgan fingerprint density at radius 1 is 1.09 bits per heavy atom. The van der Waals surface area contributed by atoms with Crippen LogP contribution in [0.2, 0.25) is 0 Å². The Bertz CT molecular complexity index is 822. The van der Waals surface area contributed by atoms with Crippen LogP contribution in [0.25, 0.3) is 0 Å². The molecule has 0 aromatic rings. The van der Waals surface area contributed by atoms with Gasteiger partial charge in [0.2, 0.25) is 0 Å². The Labute approximate surface area is 184 Å². The molecule has 32 heavy (non-hydrogen) atoms. The van der Waals surface area contributed by atoms with E-state index in [9.17, 15) is 26.8 Å². The van der Waals surface area contributed by atoms with Gasteiger partial charge >= 0.3 is 21.3 Å². The van der Waals surface area contributed by atoms with Gasteiger partial charge < -0.3 is 23.7 Å². The quantitative estimate of drug-likeness (QED) is 0.400. The summed E-state index contributed by atoms with van der Waals surface area (Å²) in [6.45, 7) is 2.69. The van der Waals surface area contributed by atoms with Crippen LogP contribution in [0.5, 0.6) is 0 Å². The number of halogens is 2. The molecule has 3 aliphatic rings. The Balaban J connectivity index is 1.65. The highest BCUT2D eigenvalue weighted by molar-refractivity contribution is 7.87. The van der Waals surface area contributed by atoms with E-state index in [2.05, 4.69) is 4.74 Å². The van der Waals surface area contributed by atoms with E-state index in [0.717, 1.165) is 32.1 Å². The van der Waals surface area contributed by atoms with Crippen LogP contribution in [0.4, 0.5) is 8.78 Å². The van der Waals surface area contributed by atoms with Gasteiger partial charge in [-0.3, -0.25) is 9.35 Å². The van der Waals surface area contributed by atoms with Crippen LogP contribution in [0, 0.1) is 5.92 Å². The highest BCUT2D eigenvalue weighted by atomic mass is 32.2. The highest BCUT2D eigenvalue weighted by Gasteiger charge is 2.54. The van der Waals surface area contributed by atoms with Crippen molar-refractivity contribution in [2.24, 2.45) is 5.92 Å². The summed E-state index contributed by atoms with van der Waals surface area (Å²) in [5, 5.41) is -5.17. The van der Waals surface area contributed by atoms with Crippen LogP contribution >= 0.6 is 0 Å². The molecule has 3 rings (SSSR count). The van der Waals surface area contributed by atoms with Crippen molar-refractivity contribution >= 4 is 21.9 Å². The molecule has 1 N–H and O–H groups in total. The molecule has 2 saturated heterocycles. The van der Waals surface area contributed by atoms with Gasteiger partial charge in [0.1, 0.15) is 6.61 Å². The number of carbonyl (C=O) groups is 2. The molecule has 13 heteroatoms. The number of hydrogen-bond acceptors (Lipinski definition) is 9. The summed E-state index contributed by atoms with van der Waals surface area (Å²) < 4.78 is 84.1. The van der Waals surface area contributed by atoms with Crippen LogP contribution < -0.4 is 0 Å². The molecule has 3 atom stereocenters. The van der Waals surface area contributed by atoms with Crippen molar-refractivity contribution in [2.75, 3.05) is 19.8 Å². The Morgan fingerprint density at radius 3 is 2.25 bits per heavy atom. The molecule has 3 fully saturated rings. The van der Waals surface area contributed by atoms with E-state index in [1.54, 1.807) is 13.8 Å². The van der Waals surface area contributed by atoms with E-state index >= 15 is 0 Å². The molecule has 1 saturated carbocycles. The van der Waals surface area contributed by atoms with Crippen molar-refractivity contribution in [3.05, 3.63) is 0 Å². The lowest BCUT2D eigenvalue weighted by atomic mass is 9.90. The number of carbonyl (C=O) groups excluding carboxylic acids is 2. The van der Waals surface area contributed by atoms with Gasteiger partial charge in [0, 0.05) is 25.2 Å². The molecule has 184 valence electrons. The van der Waals surface area contributed by atoms with Crippen molar-refractivity contribution in [1.29, 1.82) is 0 Å². The predicted molar refractivity (Wildman–Crippen MR) is 102 cm³/mol. The SMILES string of the molecule is CC1(C)OCC(C(CC(=O)COC(=O)C(F)(F)S(=O)(=O)O)C2COC3(CCCCC3)O2)O1. The van der Waals surface area contributed by atoms with Gasteiger partial charge in [-0.15, -0.1) is 0 Å². The smallest absolute Gasteiger partial charge is 0.452 e.